The molecule has 0 radical (unpaired) electrons. The van der Waals surface area contributed by atoms with E-state index in [1.807, 2.05) is 60.7 Å². The molecule has 1 heterocycles. The Morgan fingerprint density at radius 1 is 1.04 bits per heavy atom. The summed E-state index contributed by atoms with van der Waals surface area (Å²) in [5.41, 5.74) is 1.59. The fourth-order valence-electron chi connectivity index (χ4n) is 2.94. The van der Waals surface area contributed by atoms with Gasteiger partial charge in [-0.3, -0.25) is 4.79 Å². The van der Waals surface area contributed by atoms with Crippen LogP contribution in [0.1, 0.15) is 6.42 Å². The summed E-state index contributed by atoms with van der Waals surface area (Å²) in [6.45, 7) is 0.120. The van der Waals surface area contributed by atoms with Crippen molar-refractivity contribution in [1.29, 1.82) is 0 Å². The van der Waals surface area contributed by atoms with E-state index in [0.717, 1.165) is 11.4 Å². The number of benzene rings is 2. The average Bonchev–Trinajstić information content (AvgIpc) is 2.95. The minimum atomic E-state index is -3.06. The number of carbonyl (C=O) groups excluding carboxylic acids is 1. The number of rotatable bonds is 5. The lowest BCUT2D eigenvalue weighted by Crippen LogP contribution is -2.44. The molecule has 0 aliphatic carbocycles. The van der Waals surface area contributed by atoms with Gasteiger partial charge in [-0.1, -0.05) is 36.4 Å². The fourth-order valence-corrected chi connectivity index (χ4v) is 4.64. The number of nitrogens with one attached hydrogen (secondary N) is 1. The van der Waals surface area contributed by atoms with Crippen molar-refractivity contribution in [2.45, 2.75) is 12.5 Å². The van der Waals surface area contributed by atoms with Crippen molar-refractivity contribution < 1.29 is 13.2 Å². The van der Waals surface area contributed by atoms with E-state index in [-0.39, 0.29) is 30.0 Å². The number of para-hydroxylation sites is 2. The third-order valence-corrected chi connectivity index (χ3v) is 5.84. The molecule has 0 bridgehead atoms. The van der Waals surface area contributed by atoms with Gasteiger partial charge in [-0.25, -0.2) is 8.42 Å². The van der Waals surface area contributed by atoms with Gasteiger partial charge >= 0.3 is 0 Å². The van der Waals surface area contributed by atoms with Gasteiger partial charge in [0.15, 0.2) is 9.84 Å². The summed E-state index contributed by atoms with van der Waals surface area (Å²) in [5.74, 6) is 0.0338. The van der Waals surface area contributed by atoms with Gasteiger partial charge < -0.3 is 10.2 Å². The second kappa shape index (κ2) is 7.05. The van der Waals surface area contributed by atoms with Crippen molar-refractivity contribution in [2.75, 3.05) is 28.3 Å². The molecule has 126 valence electrons. The Morgan fingerprint density at radius 3 is 2.25 bits per heavy atom. The second-order valence-corrected chi connectivity index (χ2v) is 8.10. The van der Waals surface area contributed by atoms with Crippen LogP contribution in [0.15, 0.2) is 60.7 Å². The van der Waals surface area contributed by atoms with Gasteiger partial charge in [0.1, 0.15) is 0 Å². The van der Waals surface area contributed by atoms with E-state index < -0.39 is 9.84 Å². The van der Waals surface area contributed by atoms with Gasteiger partial charge in [-0.15, -0.1) is 0 Å². The Balaban J connectivity index is 1.78. The van der Waals surface area contributed by atoms with Gasteiger partial charge in [0.05, 0.1) is 24.1 Å². The molecule has 24 heavy (non-hydrogen) atoms. The molecule has 3 rings (SSSR count). The highest BCUT2D eigenvalue weighted by Gasteiger charge is 2.35. The Morgan fingerprint density at radius 2 is 1.67 bits per heavy atom. The number of hydrogen-bond acceptors (Lipinski definition) is 4. The fraction of sp³-hybridized carbons (Fsp3) is 0.278. The lowest BCUT2D eigenvalue weighted by molar-refractivity contribution is -0.117. The molecule has 0 saturated carbocycles. The first-order valence-corrected chi connectivity index (χ1v) is 9.74. The summed E-state index contributed by atoms with van der Waals surface area (Å²) in [7, 11) is -3.06. The molecule has 1 amide bonds. The largest absolute Gasteiger partial charge is 0.376 e. The number of nitrogens with zero attached hydrogens (tertiary/aromatic N) is 1. The van der Waals surface area contributed by atoms with E-state index in [2.05, 4.69) is 5.32 Å². The van der Waals surface area contributed by atoms with Gasteiger partial charge in [0.2, 0.25) is 5.91 Å². The lowest BCUT2D eigenvalue weighted by Gasteiger charge is -2.28. The van der Waals surface area contributed by atoms with Crippen molar-refractivity contribution in [2.24, 2.45) is 0 Å². The van der Waals surface area contributed by atoms with Gasteiger partial charge in [0.25, 0.3) is 0 Å². The van der Waals surface area contributed by atoms with Crippen LogP contribution >= 0.6 is 0 Å². The summed E-state index contributed by atoms with van der Waals surface area (Å²) >= 11 is 0. The van der Waals surface area contributed by atoms with Crippen LogP contribution in [0.4, 0.5) is 11.4 Å². The Labute approximate surface area is 142 Å². The zero-order valence-corrected chi connectivity index (χ0v) is 14.1. The molecule has 1 aliphatic rings. The molecule has 2 aromatic carbocycles. The summed E-state index contributed by atoms with van der Waals surface area (Å²) in [4.78, 5) is 14.4. The predicted octanol–water partition coefficient (Wildman–Crippen LogP) is 2.32. The molecule has 2 aromatic rings. The summed E-state index contributed by atoms with van der Waals surface area (Å²) in [5, 5.41) is 3.10. The minimum absolute atomic E-state index is 0.0268. The molecule has 1 aliphatic heterocycles. The molecule has 1 N–H and O–H groups in total. The van der Waals surface area contributed by atoms with Crippen LogP contribution in [0, 0.1) is 0 Å². The molecule has 6 heteroatoms. The minimum Gasteiger partial charge on any atom is -0.376 e. The van der Waals surface area contributed by atoms with Crippen LogP contribution in [0.25, 0.3) is 0 Å². The lowest BCUT2D eigenvalue weighted by atomic mass is 10.1. The molecule has 1 atom stereocenters. The standard InChI is InChI=1S/C18H20N2O3S/c21-18(13-19-15-7-3-1-4-8-15)20(16-9-5-2-6-10-16)17-11-12-24(22,23)14-17/h1-10,17,19H,11-14H2/t17-/m0/s1. The van der Waals surface area contributed by atoms with Crippen LogP contribution in [-0.4, -0.2) is 38.4 Å². The smallest absolute Gasteiger partial charge is 0.246 e. The Hall–Kier alpha value is -2.34. The zero-order valence-electron chi connectivity index (χ0n) is 13.3. The third kappa shape index (κ3) is 3.94. The summed E-state index contributed by atoms with van der Waals surface area (Å²) in [6.07, 6.45) is 0.480. The number of sulfone groups is 1. The first-order valence-electron chi connectivity index (χ1n) is 7.92. The van der Waals surface area contributed by atoms with Gasteiger partial charge in [-0.2, -0.15) is 0 Å². The van der Waals surface area contributed by atoms with E-state index in [9.17, 15) is 13.2 Å². The first-order chi connectivity index (χ1) is 11.6. The van der Waals surface area contributed by atoms with E-state index >= 15 is 0 Å². The molecule has 1 fully saturated rings. The highest BCUT2D eigenvalue weighted by atomic mass is 32.2. The number of amides is 1. The molecule has 1 saturated heterocycles. The normalized spacial score (nSPS) is 18.9. The summed E-state index contributed by atoms with van der Waals surface area (Å²) in [6, 6.07) is 18.4. The molecule has 5 nitrogen and oxygen atoms in total. The van der Waals surface area contributed by atoms with Crippen molar-refractivity contribution in [3.05, 3.63) is 60.7 Å². The Kier molecular flexibility index (Phi) is 4.85. The second-order valence-electron chi connectivity index (χ2n) is 5.88. The van der Waals surface area contributed by atoms with Crippen molar-refractivity contribution >= 4 is 27.1 Å². The van der Waals surface area contributed by atoms with E-state index in [4.69, 9.17) is 0 Å². The average molecular weight is 344 g/mol. The van der Waals surface area contributed by atoms with Crippen LogP contribution in [0.5, 0.6) is 0 Å². The SMILES string of the molecule is O=C(CNc1ccccc1)N(c1ccccc1)[C@H]1CCS(=O)(=O)C1. The van der Waals surface area contributed by atoms with Crippen molar-refractivity contribution in [3.8, 4) is 0 Å². The topological polar surface area (TPSA) is 66.5 Å². The van der Waals surface area contributed by atoms with Crippen molar-refractivity contribution in [3.63, 3.8) is 0 Å². The van der Waals surface area contributed by atoms with Crippen LogP contribution in [0.3, 0.4) is 0 Å². The maximum Gasteiger partial charge on any atom is 0.246 e. The molecule has 0 aromatic heterocycles. The van der Waals surface area contributed by atoms with Crippen LogP contribution in [0.2, 0.25) is 0 Å². The first kappa shape index (κ1) is 16.5. The molecule has 0 unspecified atom stereocenters. The number of hydrogen-bond donors (Lipinski definition) is 1. The number of anilines is 2. The van der Waals surface area contributed by atoms with Gasteiger partial charge in [-0.05, 0) is 30.7 Å². The predicted molar refractivity (Wildman–Crippen MR) is 95.9 cm³/mol. The van der Waals surface area contributed by atoms with Crippen LogP contribution in [-0.2, 0) is 14.6 Å². The Bertz CT molecular complexity index is 792. The monoisotopic (exact) mass is 344 g/mol. The molecular weight excluding hydrogens is 324 g/mol. The van der Waals surface area contributed by atoms with E-state index in [1.165, 1.54) is 0 Å². The quantitative estimate of drug-likeness (QED) is 0.904. The summed E-state index contributed by atoms with van der Waals surface area (Å²) < 4.78 is 23.7. The van der Waals surface area contributed by atoms with Crippen molar-refractivity contribution in [1.82, 2.24) is 0 Å². The van der Waals surface area contributed by atoms with Crippen LogP contribution < -0.4 is 10.2 Å². The zero-order chi connectivity index (χ0) is 17.0. The maximum absolute atomic E-state index is 12.8. The maximum atomic E-state index is 12.8. The van der Waals surface area contributed by atoms with E-state index in [0.29, 0.717) is 6.42 Å². The van der Waals surface area contributed by atoms with Gasteiger partial charge in [0, 0.05) is 11.4 Å². The molecular formula is C18H20N2O3S. The van der Waals surface area contributed by atoms with E-state index in [1.54, 1.807) is 4.90 Å². The number of carbonyl (C=O) groups is 1. The molecule has 0 spiro atoms. The highest BCUT2D eigenvalue weighted by molar-refractivity contribution is 7.91. The third-order valence-electron chi connectivity index (χ3n) is 4.09. The highest BCUT2D eigenvalue weighted by Crippen LogP contribution is 2.24.